The van der Waals surface area contributed by atoms with E-state index in [9.17, 15) is 4.79 Å². The van der Waals surface area contributed by atoms with Gasteiger partial charge in [-0.2, -0.15) is 0 Å². The summed E-state index contributed by atoms with van der Waals surface area (Å²) in [6.45, 7) is 5.48. The van der Waals surface area contributed by atoms with E-state index in [0.29, 0.717) is 25.3 Å². The number of carbonyl (C=O) groups excluding carboxylic acids is 1. The van der Waals surface area contributed by atoms with Gasteiger partial charge in [0.1, 0.15) is 11.9 Å². The van der Waals surface area contributed by atoms with Crippen molar-refractivity contribution in [2.24, 2.45) is 0 Å². The maximum atomic E-state index is 12.0. The number of carbonyl (C=O) groups is 1. The molecule has 0 aromatic carbocycles. The van der Waals surface area contributed by atoms with Crippen LogP contribution in [0.4, 0.5) is 0 Å². The van der Waals surface area contributed by atoms with Gasteiger partial charge in [-0.3, -0.25) is 9.69 Å². The maximum absolute atomic E-state index is 12.0. The molecule has 94 valence electrons. The van der Waals surface area contributed by atoms with Crippen molar-refractivity contribution in [3.8, 4) is 0 Å². The Morgan fingerprint density at radius 1 is 1.59 bits per heavy atom. The lowest BCUT2D eigenvalue weighted by atomic mass is 10.1. The Bertz CT molecular complexity index is 346. The average Bonchev–Trinajstić information content (AvgIpc) is 2.83. The van der Waals surface area contributed by atoms with Gasteiger partial charge in [0.05, 0.1) is 19.3 Å². The number of hydrogen-bond donors (Lipinski definition) is 0. The molecule has 1 aromatic rings. The van der Waals surface area contributed by atoms with Crippen LogP contribution in [0.5, 0.6) is 0 Å². The van der Waals surface area contributed by atoms with Crippen molar-refractivity contribution in [1.82, 2.24) is 4.90 Å². The molecule has 1 atom stereocenters. The molecular weight excluding hydrogens is 218 g/mol. The Hall–Kier alpha value is -1.13. The van der Waals surface area contributed by atoms with Crippen molar-refractivity contribution in [3.63, 3.8) is 0 Å². The Morgan fingerprint density at radius 2 is 2.47 bits per heavy atom. The zero-order valence-corrected chi connectivity index (χ0v) is 10.2. The molecule has 0 bridgehead atoms. The molecule has 1 aromatic heterocycles. The van der Waals surface area contributed by atoms with Crippen molar-refractivity contribution >= 4 is 5.78 Å². The quantitative estimate of drug-likeness (QED) is 0.778. The molecule has 4 nitrogen and oxygen atoms in total. The van der Waals surface area contributed by atoms with E-state index in [1.807, 2.05) is 6.07 Å². The Labute approximate surface area is 102 Å². The van der Waals surface area contributed by atoms with Gasteiger partial charge >= 0.3 is 0 Å². The highest BCUT2D eigenvalue weighted by Gasteiger charge is 2.26. The van der Waals surface area contributed by atoms with Crippen molar-refractivity contribution in [2.45, 2.75) is 25.9 Å². The highest BCUT2D eigenvalue weighted by molar-refractivity contribution is 5.85. The van der Waals surface area contributed by atoms with Crippen LogP contribution in [0.25, 0.3) is 0 Å². The number of Topliss-reactive ketones (excluding diaryl/α,β-unsaturated/α-hetero) is 1. The fraction of sp³-hybridized carbons (Fsp3) is 0.615. The van der Waals surface area contributed by atoms with Gasteiger partial charge in [0.15, 0.2) is 5.78 Å². The van der Waals surface area contributed by atoms with Crippen molar-refractivity contribution in [2.75, 3.05) is 26.2 Å². The summed E-state index contributed by atoms with van der Waals surface area (Å²) in [6, 6.07) is 3.62. The standard InChI is InChI=1S/C13H19NO3/c1-2-5-14-6-8-17-13(10-14)12(15)9-11-4-3-7-16-11/h3-4,7,13H,2,5-6,8-10H2,1H3. The van der Waals surface area contributed by atoms with Crippen LogP contribution in [-0.4, -0.2) is 43.0 Å². The number of rotatable bonds is 5. The van der Waals surface area contributed by atoms with E-state index < -0.39 is 0 Å². The first-order valence-electron chi connectivity index (χ1n) is 6.18. The maximum Gasteiger partial charge on any atom is 0.170 e. The van der Waals surface area contributed by atoms with Gasteiger partial charge in [-0.05, 0) is 25.1 Å². The first-order chi connectivity index (χ1) is 8.29. The molecule has 1 aliphatic rings. The second kappa shape index (κ2) is 5.98. The summed E-state index contributed by atoms with van der Waals surface area (Å²) in [6.07, 6.45) is 2.74. The van der Waals surface area contributed by atoms with E-state index in [2.05, 4.69) is 11.8 Å². The lowest BCUT2D eigenvalue weighted by Crippen LogP contribution is -2.46. The lowest BCUT2D eigenvalue weighted by Gasteiger charge is -2.31. The second-order valence-electron chi connectivity index (χ2n) is 4.38. The average molecular weight is 237 g/mol. The molecule has 17 heavy (non-hydrogen) atoms. The summed E-state index contributed by atoms with van der Waals surface area (Å²) < 4.78 is 10.7. The van der Waals surface area contributed by atoms with Gasteiger partial charge in [-0.25, -0.2) is 0 Å². The predicted octanol–water partition coefficient (Wildman–Crippen LogP) is 1.50. The Kier molecular flexibility index (Phi) is 4.34. The Balaban J connectivity index is 1.86. The van der Waals surface area contributed by atoms with Crippen LogP contribution in [0, 0.1) is 0 Å². The first kappa shape index (κ1) is 12.3. The van der Waals surface area contributed by atoms with Crippen molar-refractivity contribution in [3.05, 3.63) is 24.2 Å². The fourth-order valence-electron chi connectivity index (χ4n) is 2.12. The van der Waals surface area contributed by atoms with Crippen LogP contribution >= 0.6 is 0 Å². The molecule has 2 heterocycles. The zero-order valence-electron chi connectivity index (χ0n) is 10.2. The predicted molar refractivity (Wildman–Crippen MR) is 63.9 cm³/mol. The minimum atomic E-state index is -0.291. The number of ketones is 1. The van der Waals surface area contributed by atoms with E-state index in [0.717, 1.165) is 19.5 Å². The molecule has 1 saturated heterocycles. The van der Waals surface area contributed by atoms with Crippen LogP contribution in [0.2, 0.25) is 0 Å². The molecule has 0 N–H and O–H groups in total. The van der Waals surface area contributed by atoms with E-state index >= 15 is 0 Å². The summed E-state index contributed by atoms with van der Waals surface area (Å²) in [5.74, 6) is 0.826. The van der Waals surface area contributed by atoms with E-state index in [1.165, 1.54) is 0 Å². The molecule has 4 heteroatoms. The van der Waals surface area contributed by atoms with Gasteiger partial charge in [-0.15, -0.1) is 0 Å². The minimum Gasteiger partial charge on any atom is -0.469 e. The zero-order chi connectivity index (χ0) is 12.1. The second-order valence-corrected chi connectivity index (χ2v) is 4.38. The van der Waals surface area contributed by atoms with Crippen LogP contribution in [0.1, 0.15) is 19.1 Å². The fourth-order valence-corrected chi connectivity index (χ4v) is 2.12. The molecule has 1 unspecified atom stereocenters. The largest absolute Gasteiger partial charge is 0.469 e. The van der Waals surface area contributed by atoms with Gasteiger partial charge in [0, 0.05) is 13.1 Å². The molecule has 1 fully saturated rings. The third-order valence-electron chi connectivity index (χ3n) is 2.98. The summed E-state index contributed by atoms with van der Waals surface area (Å²) >= 11 is 0. The third-order valence-corrected chi connectivity index (χ3v) is 2.98. The molecule has 0 saturated carbocycles. The molecule has 0 radical (unpaired) electrons. The van der Waals surface area contributed by atoms with E-state index in [-0.39, 0.29) is 11.9 Å². The molecule has 2 rings (SSSR count). The smallest absolute Gasteiger partial charge is 0.170 e. The van der Waals surface area contributed by atoms with Crippen LogP contribution < -0.4 is 0 Å². The monoisotopic (exact) mass is 237 g/mol. The Morgan fingerprint density at radius 3 is 3.18 bits per heavy atom. The van der Waals surface area contributed by atoms with Crippen molar-refractivity contribution < 1.29 is 13.9 Å². The first-order valence-corrected chi connectivity index (χ1v) is 6.18. The van der Waals surface area contributed by atoms with Crippen molar-refractivity contribution in [1.29, 1.82) is 0 Å². The van der Waals surface area contributed by atoms with Gasteiger partial charge in [-0.1, -0.05) is 6.92 Å². The number of hydrogen-bond acceptors (Lipinski definition) is 4. The van der Waals surface area contributed by atoms with E-state index in [1.54, 1.807) is 12.3 Å². The van der Waals surface area contributed by atoms with Crippen LogP contribution in [0.15, 0.2) is 22.8 Å². The van der Waals surface area contributed by atoms with E-state index in [4.69, 9.17) is 9.15 Å². The summed E-state index contributed by atoms with van der Waals surface area (Å²) in [7, 11) is 0. The normalized spacial score (nSPS) is 21.6. The van der Waals surface area contributed by atoms with Crippen LogP contribution in [-0.2, 0) is 16.0 Å². The summed E-state index contributed by atoms with van der Waals surface area (Å²) in [5.41, 5.74) is 0. The molecule has 0 amide bonds. The summed E-state index contributed by atoms with van der Waals surface area (Å²) in [5, 5.41) is 0. The SMILES string of the molecule is CCCN1CCOC(C(=O)Cc2ccco2)C1. The van der Waals surface area contributed by atoms with Gasteiger partial charge in [0.25, 0.3) is 0 Å². The number of nitrogens with zero attached hydrogens (tertiary/aromatic N) is 1. The lowest BCUT2D eigenvalue weighted by molar-refractivity contribution is -0.135. The van der Waals surface area contributed by atoms with Gasteiger partial charge in [0.2, 0.25) is 0 Å². The number of furan rings is 1. The molecular formula is C13H19NO3. The number of morpholine rings is 1. The topological polar surface area (TPSA) is 42.7 Å². The molecule has 0 spiro atoms. The van der Waals surface area contributed by atoms with Crippen LogP contribution in [0.3, 0.4) is 0 Å². The van der Waals surface area contributed by atoms with Gasteiger partial charge < -0.3 is 9.15 Å². The highest BCUT2D eigenvalue weighted by Crippen LogP contribution is 2.10. The third kappa shape index (κ3) is 3.41. The highest BCUT2D eigenvalue weighted by atomic mass is 16.5. The number of ether oxygens (including phenoxy) is 1. The molecule has 1 aliphatic heterocycles. The molecule has 0 aliphatic carbocycles. The minimum absolute atomic E-state index is 0.112. The summed E-state index contributed by atoms with van der Waals surface area (Å²) in [4.78, 5) is 14.3.